The largest absolute Gasteiger partial charge is 0.393 e. The van der Waals surface area contributed by atoms with E-state index in [1.165, 1.54) is 6.92 Å². The molecule has 0 bridgehead atoms. The lowest BCUT2D eigenvalue weighted by Gasteiger charge is -2.53. The number of amides is 1. The predicted octanol–water partition coefficient (Wildman–Crippen LogP) is 7.29. The van der Waals surface area contributed by atoms with Crippen LogP contribution in [0.2, 0.25) is 0 Å². The third kappa shape index (κ3) is 12.0. The quantitative estimate of drug-likeness (QED) is 0.111. The number of hydrogen-bond donors (Lipinski definition) is 2. The van der Waals surface area contributed by atoms with E-state index in [1.54, 1.807) is 0 Å². The van der Waals surface area contributed by atoms with E-state index < -0.39 is 67.0 Å². The maximum absolute atomic E-state index is 13.0. The Morgan fingerprint density at radius 2 is 1.17 bits per heavy atom. The molecule has 4 fully saturated rings. The van der Waals surface area contributed by atoms with Crippen LogP contribution in [-0.2, 0) is 73.9 Å². The summed E-state index contributed by atoms with van der Waals surface area (Å²) in [5, 5.41) is 15.2. The van der Waals surface area contributed by atoms with Crippen molar-refractivity contribution in [2.45, 2.75) is 146 Å². The van der Waals surface area contributed by atoms with Gasteiger partial charge in [-0.3, -0.25) is 4.79 Å². The maximum Gasteiger partial charge on any atom is 0.217 e. The van der Waals surface area contributed by atoms with Gasteiger partial charge in [0.25, 0.3) is 0 Å². The van der Waals surface area contributed by atoms with Gasteiger partial charge in [0.1, 0.15) is 24.4 Å². The monoisotopic (exact) mass is 879 g/mol. The summed E-state index contributed by atoms with van der Waals surface area (Å²) in [5.41, 5.74) is 4.07. The Hall–Kier alpha value is -4.05. The average Bonchev–Trinajstić information content (AvgIpc) is 3.30. The molecular formula is C52H65NO11. The van der Waals surface area contributed by atoms with Gasteiger partial charge in [-0.05, 0) is 62.3 Å². The summed E-state index contributed by atoms with van der Waals surface area (Å²) in [6.07, 6.45) is -4.03. The van der Waals surface area contributed by atoms with Crippen molar-refractivity contribution in [3.63, 3.8) is 0 Å². The molecule has 2 N–H and O–H groups in total. The zero-order chi connectivity index (χ0) is 44.5. The first-order valence-corrected chi connectivity index (χ1v) is 22.9. The highest BCUT2D eigenvalue weighted by Crippen LogP contribution is 2.43. The SMILES string of the molecule is CC(=O)N[C@H]1[C@@H](OCc2ccccc2)O[C@@H]2COC(C)(C)O[C@H]2[C@@H]1C[C@H]1OCC[C@H](O)[C@@H]1C[C@@H]1O[C@@H](C)[C@@H](OCc2ccccc2)[C@@H](OCc2ccccc2)[C@@H]1OCc1ccccc1. The van der Waals surface area contributed by atoms with E-state index >= 15 is 0 Å². The first-order valence-electron chi connectivity index (χ1n) is 22.9. The number of benzene rings is 4. The fraction of sp³-hybridized carbons (Fsp3) is 0.519. The number of carbonyl (C=O) groups is 1. The molecule has 4 aromatic carbocycles. The van der Waals surface area contributed by atoms with Gasteiger partial charge in [0.2, 0.25) is 5.91 Å². The Morgan fingerprint density at radius 1 is 0.672 bits per heavy atom. The molecule has 4 saturated heterocycles. The number of hydrogen-bond acceptors (Lipinski definition) is 11. The standard InChI is InChI=1S/C52H65NO11/c1-34-47(57-29-36-17-9-5-10-18-36)50(59-31-38-21-13-7-14-22-38)49(58-30-37-19-11-6-12-20-37)44(62-34)27-40-42(55)25-26-56-43(40)28-41-46(53-35(2)54)51(60-32-39-23-15-8-16-24-39)63-45-33-61-52(3,4)64-48(41)45/h5-24,34,40-51,55H,25-33H2,1-4H3,(H,53,54)/t34-,40-,41+,42-,43+,44-,45+,46+,47+,48-,49+,50+,51-/m0/s1. The topological polar surface area (TPSA) is 132 Å². The molecule has 4 aliphatic rings. The first-order chi connectivity index (χ1) is 31.1. The number of nitrogens with one attached hydrogen (secondary N) is 1. The second kappa shape index (κ2) is 22.0. The van der Waals surface area contributed by atoms with Crippen LogP contribution in [0.5, 0.6) is 0 Å². The van der Waals surface area contributed by atoms with Gasteiger partial charge >= 0.3 is 0 Å². The molecule has 4 aromatic rings. The molecule has 12 heteroatoms. The van der Waals surface area contributed by atoms with E-state index in [1.807, 2.05) is 130 Å². The minimum atomic E-state index is -0.892. The normalized spacial score (nSPS) is 32.6. The van der Waals surface area contributed by atoms with Crippen LogP contribution >= 0.6 is 0 Å². The van der Waals surface area contributed by atoms with Gasteiger partial charge < -0.3 is 53.1 Å². The molecule has 12 nitrogen and oxygen atoms in total. The number of rotatable bonds is 17. The first kappa shape index (κ1) is 46.5. The van der Waals surface area contributed by atoms with E-state index in [0.29, 0.717) is 45.7 Å². The molecule has 0 aliphatic carbocycles. The van der Waals surface area contributed by atoms with Crippen LogP contribution in [0.25, 0.3) is 0 Å². The Labute approximate surface area is 377 Å². The number of ether oxygens (including phenoxy) is 9. The van der Waals surface area contributed by atoms with E-state index in [0.717, 1.165) is 22.3 Å². The lowest BCUT2D eigenvalue weighted by Crippen LogP contribution is -2.66. The minimum absolute atomic E-state index is 0.216. The molecular weight excluding hydrogens is 815 g/mol. The predicted molar refractivity (Wildman–Crippen MR) is 238 cm³/mol. The lowest BCUT2D eigenvalue weighted by molar-refractivity contribution is -0.366. The van der Waals surface area contributed by atoms with Gasteiger partial charge in [-0.15, -0.1) is 0 Å². The van der Waals surface area contributed by atoms with E-state index in [9.17, 15) is 9.90 Å². The van der Waals surface area contributed by atoms with Crippen molar-refractivity contribution in [1.82, 2.24) is 5.32 Å². The Morgan fingerprint density at radius 3 is 1.72 bits per heavy atom. The summed E-state index contributed by atoms with van der Waals surface area (Å²) in [5.74, 6) is -1.82. The average molecular weight is 880 g/mol. The summed E-state index contributed by atoms with van der Waals surface area (Å²) in [4.78, 5) is 13.0. The fourth-order valence-corrected chi connectivity index (χ4v) is 9.77. The van der Waals surface area contributed by atoms with E-state index in [2.05, 4.69) is 17.4 Å². The summed E-state index contributed by atoms with van der Waals surface area (Å²) in [7, 11) is 0. The fourth-order valence-electron chi connectivity index (χ4n) is 9.77. The van der Waals surface area contributed by atoms with Gasteiger partial charge in [-0.2, -0.15) is 0 Å². The minimum Gasteiger partial charge on any atom is -0.393 e. The van der Waals surface area contributed by atoms with Gasteiger partial charge in [0, 0.05) is 25.4 Å². The summed E-state index contributed by atoms with van der Waals surface area (Å²) in [6, 6.07) is 39.6. The second-order valence-electron chi connectivity index (χ2n) is 18.1. The van der Waals surface area contributed by atoms with Crippen molar-refractivity contribution in [2.75, 3.05) is 13.2 Å². The molecule has 4 heterocycles. The molecule has 1 amide bonds. The van der Waals surface area contributed by atoms with Crippen molar-refractivity contribution in [3.8, 4) is 0 Å². The van der Waals surface area contributed by atoms with Gasteiger partial charge in [-0.25, -0.2) is 0 Å². The smallest absolute Gasteiger partial charge is 0.217 e. The van der Waals surface area contributed by atoms with Crippen LogP contribution in [0.3, 0.4) is 0 Å². The van der Waals surface area contributed by atoms with Crippen LogP contribution in [-0.4, -0.2) is 97.3 Å². The summed E-state index contributed by atoms with van der Waals surface area (Å²) < 4.78 is 60.1. The van der Waals surface area contributed by atoms with Crippen LogP contribution in [0.4, 0.5) is 0 Å². The Bertz CT molecular complexity index is 2010. The lowest BCUT2D eigenvalue weighted by atomic mass is 9.75. The molecule has 0 radical (unpaired) electrons. The van der Waals surface area contributed by atoms with Gasteiger partial charge in [0.05, 0.1) is 69.6 Å². The molecule has 0 aromatic heterocycles. The Balaban J connectivity index is 1.09. The zero-order valence-electron chi connectivity index (χ0n) is 37.4. The number of aliphatic hydroxyl groups excluding tert-OH is 1. The number of carbonyl (C=O) groups excluding carboxylic acids is 1. The number of aliphatic hydroxyl groups is 1. The molecule has 64 heavy (non-hydrogen) atoms. The molecule has 8 rings (SSSR count). The molecule has 0 unspecified atom stereocenters. The highest BCUT2D eigenvalue weighted by molar-refractivity contribution is 5.73. The van der Waals surface area contributed by atoms with Crippen molar-refractivity contribution in [2.24, 2.45) is 11.8 Å². The van der Waals surface area contributed by atoms with Crippen LogP contribution in [0.15, 0.2) is 121 Å². The van der Waals surface area contributed by atoms with Gasteiger partial charge in [0.15, 0.2) is 12.1 Å². The highest BCUT2D eigenvalue weighted by Gasteiger charge is 2.54. The van der Waals surface area contributed by atoms with Crippen LogP contribution in [0, 0.1) is 11.8 Å². The summed E-state index contributed by atoms with van der Waals surface area (Å²) >= 11 is 0. The van der Waals surface area contributed by atoms with Crippen molar-refractivity contribution >= 4 is 5.91 Å². The van der Waals surface area contributed by atoms with Crippen molar-refractivity contribution < 1.29 is 52.5 Å². The third-order valence-electron chi connectivity index (χ3n) is 12.9. The molecule has 4 aliphatic heterocycles. The van der Waals surface area contributed by atoms with E-state index in [4.69, 9.17) is 42.6 Å². The molecule has 344 valence electrons. The second-order valence-corrected chi connectivity index (χ2v) is 18.1. The van der Waals surface area contributed by atoms with E-state index in [-0.39, 0.29) is 37.1 Å². The zero-order valence-corrected chi connectivity index (χ0v) is 37.4. The van der Waals surface area contributed by atoms with Crippen LogP contribution in [0.1, 0.15) is 69.2 Å². The van der Waals surface area contributed by atoms with Crippen molar-refractivity contribution in [3.05, 3.63) is 144 Å². The molecule has 0 spiro atoms. The Kier molecular flexibility index (Phi) is 15.9. The molecule has 13 atom stereocenters. The maximum atomic E-state index is 13.0. The van der Waals surface area contributed by atoms with Crippen LogP contribution < -0.4 is 5.32 Å². The summed E-state index contributed by atoms with van der Waals surface area (Å²) in [6.45, 7) is 9.30. The number of fused-ring (bicyclic) bond motifs is 1. The van der Waals surface area contributed by atoms with Crippen molar-refractivity contribution in [1.29, 1.82) is 0 Å². The highest BCUT2D eigenvalue weighted by atomic mass is 16.8. The van der Waals surface area contributed by atoms with Gasteiger partial charge in [-0.1, -0.05) is 121 Å². The molecule has 0 saturated carbocycles. The third-order valence-corrected chi connectivity index (χ3v) is 12.9.